The number of anilines is 1. The predicted octanol–water partition coefficient (Wildman–Crippen LogP) is 5.03. The first-order valence-electron chi connectivity index (χ1n) is 20.0. The molecule has 0 spiro atoms. The Bertz CT molecular complexity index is 2390. The molecule has 3 aromatic carbocycles. The molecule has 4 aromatic rings. The molecule has 8 rings (SSSR count). The third kappa shape index (κ3) is 7.96. The summed E-state index contributed by atoms with van der Waals surface area (Å²) < 4.78 is 5.22. The smallest absolute Gasteiger partial charge is 0.410 e. The van der Waals surface area contributed by atoms with Gasteiger partial charge in [0.05, 0.1) is 0 Å². The number of aliphatic carboxylic acids is 1. The minimum Gasteiger partial charge on any atom is -0.477 e. The summed E-state index contributed by atoms with van der Waals surface area (Å²) in [4.78, 5) is 81.3. The molecule has 4 aliphatic rings. The SMILES string of the molecule is C=CCOC(=O)N1CCC(C(=C2CCNC2=O)C2=C(C(=O)O)N3C(=O)[C@@H](NC(=O)C(=NOC(c4ccccc4)(c4ccccc4)c4ccccc4)c4csc(N)n4)[C@H]3SC2)CC1. The van der Waals surface area contributed by atoms with Crippen molar-refractivity contribution < 1.29 is 38.7 Å². The molecule has 3 fully saturated rings. The molecule has 17 heteroatoms. The minimum atomic E-state index is -1.34. The number of carboxylic acid groups (broad SMARTS) is 1. The number of ether oxygens (including phenoxy) is 1. The summed E-state index contributed by atoms with van der Waals surface area (Å²) in [5.41, 5.74) is 7.98. The van der Waals surface area contributed by atoms with Gasteiger partial charge in [0.15, 0.2) is 10.8 Å². The van der Waals surface area contributed by atoms with Crippen molar-refractivity contribution in [1.82, 2.24) is 25.4 Å². The molecule has 5 N–H and O–H groups in total. The van der Waals surface area contributed by atoms with Gasteiger partial charge in [0.2, 0.25) is 11.5 Å². The number of β-lactam (4-membered cyclic amide) rings is 1. The van der Waals surface area contributed by atoms with E-state index in [1.165, 1.54) is 22.7 Å². The van der Waals surface area contributed by atoms with E-state index in [1.807, 2.05) is 91.0 Å². The van der Waals surface area contributed by atoms with Crippen LogP contribution in [0, 0.1) is 5.92 Å². The Labute approximate surface area is 365 Å². The van der Waals surface area contributed by atoms with Gasteiger partial charge in [-0.25, -0.2) is 14.6 Å². The molecule has 4 aliphatic heterocycles. The standard InChI is InChI=1S/C45H43N7O8S2/c1-2-24-59-44(58)51-22-19-27(20-23-51)34(31-18-21-47-38(31)53)32-25-61-41-36(40(55)52(41)37(32)42(56)57)49-39(54)35(33-26-62-43(46)48-33)50-60-45(28-12-6-3-7-13-28,29-14-8-4-9-15-29)30-16-10-5-11-17-30/h2-17,26-27,36,41H,1,18-25H2,(H2,46,48)(H,47,53)(H,49,54)(H,56,57)/t36-,41-/m1/s1. The van der Waals surface area contributed by atoms with E-state index < -0.39 is 40.9 Å². The van der Waals surface area contributed by atoms with Gasteiger partial charge < -0.3 is 35.9 Å². The minimum absolute atomic E-state index is 0.0751. The highest BCUT2D eigenvalue weighted by molar-refractivity contribution is 8.00. The molecule has 5 heterocycles. The van der Waals surface area contributed by atoms with Gasteiger partial charge in [-0.2, -0.15) is 0 Å². The Morgan fingerprint density at radius 3 is 2.11 bits per heavy atom. The number of allylic oxidation sites excluding steroid dienone is 1. The number of hydrogen-bond donors (Lipinski definition) is 4. The number of benzene rings is 3. The Hall–Kier alpha value is -6.72. The van der Waals surface area contributed by atoms with E-state index in [0.717, 1.165) is 28.0 Å². The van der Waals surface area contributed by atoms with Crippen LogP contribution >= 0.6 is 23.1 Å². The molecule has 318 valence electrons. The Balaban J connectivity index is 1.10. The number of carboxylic acids is 1. The molecule has 2 atom stereocenters. The lowest BCUT2D eigenvalue weighted by atomic mass is 9.80. The van der Waals surface area contributed by atoms with Gasteiger partial charge in [-0.3, -0.25) is 19.3 Å². The lowest BCUT2D eigenvalue weighted by molar-refractivity contribution is -0.150. The van der Waals surface area contributed by atoms with E-state index in [9.17, 15) is 29.1 Å². The maximum atomic E-state index is 14.4. The largest absolute Gasteiger partial charge is 0.477 e. The summed E-state index contributed by atoms with van der Waals surface area (Å²) >= 11 is 2.39. The number of nitrogens with one attached hydrogen (secondary N) is 2. The van der Waals surface area contributed by atoms with Crippen molar-refractivity contribution in [1.29, 1.82) is 0 Å². The van der Waals surface area contributed by atoms with Gasteiger partial charge in [0.25, 0.3) is 11.8 Å². The lowest BCUT2D eigenvalue weighted by Gasteiger charge is -2.50. The van der Waals surface area contributed by atoms with Crippen molar-refractivity contribution in [2.75, 3.05) is 37.7 Å². The van der Waals surface area contributed by atoms with Crippen LogP contribution in [0.4, 0.5) is 9.93 Å². The maximum Gasteiger partial charge on any atom is 0.410 e. The number of amides is 4. The number of thiazole rings is 1. The van der Waals surface area contributed by atoms with Gasteiger partial charge in [0.1, 0.15) is 29.4 Å². The number of oxime groups is 1. The van der Waals surface area contributed by atoms with Gasteiger partial charge in [0, 0.05) is 53.0 Å². The van der Waals surface area contributed by atoms with Crippen LogP contribution < -0.4 is 16.4 Å². The zero-order chi connectivity index (χ0) is 43.4. The topological polar surface area (TPSA) is 206 Å². The number of carbonyl (C=O) groups is 5. The summed E-state index contributed by atoms with van der Waals surface area (Å²) in [6.45, 7) is 4.73. The number of nitrogens with zero attached hydrogens (tertiary/aromatic N) is 4. The van der Waals surface area contributed by atoms with Crippen molar-refractivity contribution in [3.8, 4) is 0 Å². The van der Waals surface area contributed by atoms with E-state index in [4.69, 9.17) is 15.3 Å². The van der Waals surface area contributed by atoms with Crippen LogP contribution in [0.15, 0.2) is 137 Å². The molecule has 1 aromatic heterocycles. The quantitative estimate of drug-likeness (QED) is 0.0350. The molecule has 15 nitrogen and oxygen atoms in total. The number of nitrogens with two attached hydrogens (primary N) is 1. The van der Waals surface area contributed by atoms with Crippen LogP contribution in [0.3, 0.4) is 0 Å². The molecule has 3 saturated heterocycles. The number of thioether (sulfide) groups is 1. The van der Waals surface area contributed by atoms with Crippen LogP contribution in [0.2, 0.25) is 0 Å². The van der Waals surface area contributed by atoms with E-state index >= 15 is 0 Å². The zero-order valence-electron chi connectivity index (χ0n) is 33.4. The first-order chi connectivity index (χ1) is 30.1. The highest BCUT2D eigenvalue weighted by Gasteiger charge is 2.55. The second-order valence-corrected chi connectivity index (χ2v) is 16.9. The summed E-state index contributed by atoms with van der Waals surface area (Å²) in [6, 6.07) is 27.3. The van der Waals surface area contributed by atoms with Crippen molar-refractivity contribution in [2.45, 2.75) is 36.3 Å². The van der Waals surface area contributed by atoms with Crippen molar-refractivity contribution >= 4 is 63.7 Å². The van der Waals surface area contributed by atoms with Gasteiger partial charge in [-0.15, -0.1) is 23.1 Å². The number of hydrogen-bond acceptors (Lipinski definition) is 12. The van der Waals surface area contributed by atoms with Crippen LogP contribution in [0.5, 0.6) is 0 Å². The number of piperidine rings is 1. The average Bonchev–Trinajstić information content (AvgIpc) is 3.94. The molecule has 0 aliphatic carbocycles. The third-order valence-corrected chi connectivity index (χ3v) is 13.3. The summed E-state index contributed by atoms with van der Waals surface area (Å²) in [7, 11) is 0. The fourth-order valence-corrected chi connectivity index (χ4v) is 10.4. The molecule has 4 amide bonds. The number of likely N-dealkylation sites (tertiary alicyclic amines) is 1. The van der Waals surface area contributed by atoms with E-state index in [0.29, 0.717) is 55.6 Å². The highest BCUT2D eigenvalue weighted by Crippen LogP contribution is 2.46. The highest BCUT2D eigenvalue weighted by atomic mass is 32.2. The monoisotopic (exact) mass is 873 g/mol. The van der Waals surface area contributed by atoms with E-state index in [2.05, 4.69) is 27.4 Å². The third-order valence-electron chi connectivity index (χ3n) is 11.3. The normalized spacial score (nSPS) is 20.2. The Morgan fingerprint density at radius 2 is 1.60 bits per heavy atom. The fourth-order valence-electron chi connectivity index (χ4n) is 8.45. The summed E-state index contributed by atoms with van der Waals surface area (Å²) in [6.07, 6.45) is 2.31. The number of fused-ring (bicyclic) bond motifs is 1. The fraction of sp³-hybridized carbons (Fsp3) is 0.267. The first-order valence-corrected chi connectivity index (χ1v) is 22.0. The van der Waals surface area contributed by atoms with Crippen molar-refractivity contribution in [2.24, 2.45) is 11.1 Å². The average molecular weight is 874 g/mol. The second kappa shape index (κ2) is 18.1. The van der Waals surface area contributed by atoms with Crippen molar-refractivity contribution in [3.63, 3.8) is 0 Å². The lowest BCUT2D eigenvalue weighted by Crippen LogP contribution is -2.71. The molecule has 0 unspecified atom stereocenters. The number of nitrogen functional groups attached to an aromatic ring is 1. The van der Waals surface area contributed by atoms with Crippen LogP contribution in [-0.4, -0.2) is 98.8 Å². The summed E-state index contributed by atoms with van der Waals surface area (Å²) in [5, 5.41) is 21.9. The van der Waals surface area contributed by atoms with Crippen LogP contribution in [-0.2, 0) is 34.4 Å². The number of aromatic nitrogens is 1. The molecule has 62 heavy (non-hydrogen) atoms. The Kier molecular flexibility index (Phi) is 12.3. The molecule has 0 radical (unpaired) electrons. The van der Waals surface area contributed by atoms with Gasteiger partial charge >= 0.3 is 12.1 Å². The molecular formula is C45H43N7O8S2. The maximum absolute atomic E-state index is 14.4. The van der Waals surface area contributed by atoms with Crippen LogP contribution in [0.1, 0.15) is 41.6 Å². The number of rotatable bonds is 13. The van der Waals surface area contributed by atoms with Gasteiger partial charge in [-0.05, 0) is 36.3 Å². The summed E-state index contributed by atoms with van der Waals surface area (Å²) in [5.74, 6) is -3.16. The van der Waals surface area contributed by atoms with E-state index in [1.54, 1.807) is 10.3 Å². The van der Waals surface area contributed by atoms with Crippen LogP contribution in [0.25, 0.3) is 0 Å². The first kappa shape index (κ1) is 42.0. The van der Waals surface area contributed by atoms with Gasteiger partial charge in [-0.1, -0.05) is 109 Å². The second-order valence-electron chi connectivity index (χ2n) is 14.9. The molecule has 0 saturated carbocycles. The Morgan fingerprint density at radius 1 is 0.984 bits per heavy atom. The van der Waals surface area contributed by atoms with E-state index in [-0.39, 0.29) is 46.4 Å². The van der Waals surface area contributed by atoms with Crippen molar-refractivity contribution in [3.05, 3.63) is 154 Å². The zero-order valence-corrected chi connectivity index (χ0v) is 35.0. The predicted molar refractivity (Wildman–Crippen MR) is 234 cm³/mol. The molecular weight excluding hydrogens is 831 g/mol. The molecule has 0 bridgehead atoms. The number of carbonyl (C=O) groups excluding carboxylic acids is 4.